The van der Waals surface area contributed by atoms with E-state index in [2.05, 4.69) is 10.3 Å². The van der Waals surface area contributed by atoms with Gasteiger partial charge >= 0.3 is 18.2 Å². The van der Waals surface area contributed by atoms with Crippen molar-refractivity contribution in [2.24, 2.45) is 22.7 Å². The van der Waals surface area contributed by atoms with Crippen LogP contribution in [0, 0.1) is 29.4 Å². The number of carbonyl (C=O) groups is 9. The van der Waals surface area contributed by atoms with Gasteiger partial charge in [0.15, 0.2) is 0 Å². The SMILES string of the molecule is C/C(=C/C1CCN(C(=O)Cc2ccc(F)cc2)CC1)C(=O)N1CCC=CC1=O.C/C(=C/C1CCN(C(=O)OC(C)(C)C)CC1)C(=O)N1CCC=CC1=O.C/C(=C/C1CCNCC1)C(=O)N1CCC=CC1=O.O=C(O)C(F)(F)F.O=C=Nc1ccc(F)cc1. The van der Waals surface area contributed by atoms with Gasteiger partial charge in [-0.25, -0.2) is 23.2 Å². The molecule has 3 fully saturated rings. The summed E-state index contributed by atoms with van der Waals surface area (Å²) in [7, 11) is 0. The Hall–Kier alpha value is -8.50. The van der Waals surface area contributed by atoms with Crippen molar-refractivity contribution in [1.29, 1.82) is 0 Å². The van der Waals surface area contributed by atoms with E-state index < -0.39 is 17.7 Å². The molecule has 0 bridgehead atoms. The molecule has 3 saturated heterocycles. The highest BCUT2D eigenvalue weighted by atomic mass is 19.4. The van der Waals surface area contributed by atoms with E-state index in [1.54, 1.807) is 43.0 Å². The number of benzene rings is 2. The van der Waals surface area contributed by atoms with Crippen LogP contribution in [0.1, 0.15) is 105 Å². The first kappa shape index (κ1) is 72.0. The summed E-state index contributed by atoms with van der Waals surface area (Å²) >= 11 is 0. The van der Waals surface area contributed by atoms with Crippen molar-refractivity contribution in [1.82, 2.24) is 29.8 Å². The number of isocyanates is 1. The van der Waals surface area contributed by atoms with Gasteiger partial charge < -0.3 is 25.0 Å². The van der Waals surface area contributed by atoms with Crippen LogP contribution in [0.15, 0.2) is 125 Å². The number of rotatable bonds is 9. The predicted molar refractivity (Wildman–Crippen MR) is 316 cm³/mol. The Balaban J connectivity index is 0.000000252. The molecule has 6 heterocycles. The summed E-state index contributed by atoms with van der Waals surface area (Å²) in [6.07, 6.45) is 19.4. The molecule has 2 aromatic carbocycles. The number of aliphatic carboxylic acids is 1. The first-order valence-electron chi connectivity index (χ1n) is 29.0. The molecule has 24 heteroatoms. The molecule has 2 N–H and O–H groups in total. The van der Waals surface area contributed by atoms with Gasteiger partial charge in [0, 0.05) is 62.5 Å². The van der Waals surface area contributed by atoms with Crippen molar-refractivity contribution in [2.75, 3.05) is 58.9 Å². The number of ether oxygens (including phenoxy) is 1. The second-order valence-electron chi connectivity index (χ2n) is 22.4. The molecule has 88 heavy (non-hydrogen) atoms. The zero-order valence-corrected chi connectivity index (χ0v) is 50.5. The first-order valence-corrected chi connectivity index (χ1v) is 29.0. The van der Waals surface area contributed by atoms with Crippen LogP contribution in [-0.4, -0.2) is 160 Å². The Bertz CT molecular complexity index is 3010. The minimum absolute atomic E-state index is 0.0348. The lowest BCUT2D eigenvalue weighted by Crippen LogP contribution is -2.42. The standard InChI is InChI=1S/C22H25FN2O3.C19H28N2O4.C14H20N2O2.C7H4FNO.C2HF3O2/c1-16(22(28)25-11-3-2-4-20(25)26)14-18-9-12-24(13-10-18)21(27)15-17-5-7-19(23)8-6-17;1-14(17(23)21-10-6-5-7-16(21)22)13-15-8-11-20(12-9-15)18(24)25-19(2,3)4;1-11(10-12-5-7-15-8-6-12)14(18)16-9-3-2-4-13(16)17;8-6-1-3-7(4-2-6)9-5-10;3-2(4,5)1(6)7/h2,4-8,14,18H,3,9-13,15H2,1H3;5,7,13,15H,6,8-12H2,1-4H3;2,4,10,12,15H,3,5-9H2,1H3;1-4H;(H,6,7)/b16-14-;14-13-;11-10-;;. The Labute approximate surface area is 509 Å². The molecule has 2 aromatic rings. The van der Waals surface area contributed by atoms with Gasteiger partial charge in [0.2, 0.25) is 12.0 Å². The zero-order valence-electron chi connectivity index (χ0n) is 50.5. The molecule has 476 valence electrons. The third-order valence-electron chi connectivity index (χ3n) is 14.3. The maximum atomic E-state index is 13.0. The topological polar surface area (TPSA) is 241 Å². The van der Waals surface area contributed by atoms with E-state index in [4.69, 9.17) is 14.6 Å². The Morgan fingerprint density at radius 1 is 0.591 bits per heavy atom. The third-order valence-corrected chi connectivity index (χ3v) is 14.3. The lowest BCUT2D eigenvalue weighted by atomic mass is 9.94. The molecule has 0 aromatic heterocycles. The second kappa shape index (κ2) is 35.3. The number of hydrogen-bond donors (Lipinski definition) is 2. The number of nitrogens with zero attached hydrogens (tertiary/aromatic N) is 6. The third kappa shape index (κ3) is 25.1. The highest BCUT2D eigenvalue weighted by molar-refractivity contribution is 6.09. The highest BCUT2D eigenvalue weighted by Crippen LogP contribution is 2.25. The first-order chi connectivity index (χ1) is 41.6. The molecule has 0 aliphatic carbocycles. The monoisotopic (exact) mass is 1230 g/mol. The number of carboxylic acid groups (broad SMARTS) is 1. The Kier molecular flexibility index (Phi) is 28.9. The quantitative estimate of drug-likeness (QED) is 0.103. The molecule has 0 atom stereocenters. The maximum Gasteiger partial charge on any atom is 0.490 e. The summed E-state index contributed by atoms with van der Waals surface area (Å²) in [5.41, 5.74) is 2.60. The van der Waals surface area contributed by atoms with Crippen LogP contribution in [0.4, 0.5) is 32.4 Å². The number of hydrogen-bond acceptors (Lipinski definition) is 13. The van der Waals surface area contributed by atoms with Crippen molar-refractivity contribution < 1.29 is 79.7 Å². The summed E-state index contributed by atoms with van der Waals surface area (Å²) in [5, 5.41) is 10.4. The van der Waals surface area contributed by atoms with Gasteiger partial charge in [-0.2, -0.15) is 18.2 Å². The maximum absolute atomic E-state index is 13.0. The van der Waals surface area contributed by atoms with Gasteiger partial charge in [0.05, 0.1) is 12.1 Å². The van der Waals surface area contributed by atoms with Crippen LogP contribution in [0.3, 0.4) is 0 Å². The van der Waals surface area contributed by atoms with E-state index in [1.807, 2.05) is 56.9 Å². The zero-order chi connectivity index (χ0) is 65.1. The number of carbonyl (C=O) groups excluding carboxylic acids is 9. The minimum atomic E-state index is -5.08. The molecule has 0 unspecified atom stereocenters. The number of allylic oxidation sites excluding steroid dienone is 3. The van der Waals surface area contributed by atoms with Crippen LogP contribution >= 0.6 is 0 Å². The number of alkyl halides is 3. The average molecular weight is 1230 g/mol. The Morgan fingerprint density at radius 2 is 0.943 bits per heavy atom. The molecule has 8 amide bonds. The smallest absolute Gasteiger partial charge is 0.475 e. The van der Waals surface area contributed by atoms with Crippen LogP contribution in [0.25, 0.3) is 0 Å². The Morgan fingerprint density at radius 3 is 1.28 bits per heavy atom. The van der Waals surface area contributed by atoms with E-state index in [0.29, 0.717) is 87.0 Å². The number of piperidine rings is 3. The molecular weight excluding hydrogens is 1150 g/mol. The second-order valence-corrected chi connectivity index (χ2v) is 22.4. The van der Waals surface area contributed by atoms with Gasteiger partial charge in [-0.05, 0) is 190 Å². The summed E-state index contributed by atoms with van der Waals surface area (Å²) in [6.45, 7) is 16.8. The number of likely N-dealkylation sites (tertiary alicyclic amines) is 2. The predicted octanol–water partition coefficient (Wildman–Crippen LogP) is 9.44. The molecule has 6 aliphatic rings. The van der Waals surface area contributed by atoms with Crippen LogP contribution in [-0.2, 0) is 54.3 Å². The van der Waals surface area contributed by atoms with Gasteiger partial charge in [-0.3, -0.25) is 48.3 Å². The summed E-state index contributed by atoms with van der Waals surface area (Å²) in [6, 6.07) is 11.3. The van der Waals surface area contributed by atoms with Crippen LogP contribution < -0.4 is 5.32 Å². The number of carboxylic acids is 1. The number of nitrogens with one attached hydrogen (secondary N) is 1. The lowest BCUT2D eigenvalue weighted by molar-refractivity contribution is -0.192. The molecule has 0 saturated carbocycles. The van der Waals surface area contributed by atoms with Gasteiger partial charge in [0.25, 0.3) is 35.4 Å². The van der Waals surface area contributed by atoms with E-state index in [-0.39, 0.29) is 77.3 Å². The van der Waals surface area contributed by atoms with E-state index in [0.717, 1.165) is 63.6 Å². The van der Waals surface area contributed by atoms with Crippen LogP contribution in [0.2, 0.25) is 0 Å². The number of imide groups is 3. The number of aliphatic imine (C=N–C) groups is 1. The fourth-order valence-electron chi connectivity index (χ4n) is 9.64. The number of halogens is 5. The van der Waals surface area contributed by atoms with Crippen molar-refractivity contribution >= 4 is 65.2 Å². The summed E-state index contributed by atoms with van der Waals surface area (Å²) in [4.78, 5) is 126. The van der Waals surface area contributed by atoms with Gasteiger partial charge in [-0.15, -0.1) is 0 Å². The minimum Gasteiger partial charge on any atom is -0.475 e. The van der Waals surface area contributed by atoms with Gasteiger partial charge in [-0.1, -0.05) is 48.6 Å². The van der Waals surface area contributed by atoms with Crippen LogP contribution in [0.5, 0.6) is 0 Å². The van der Waals surface area contributed by atoms with Gasteiger partial charge in [0.1, 0.15) is 17.2 Å². The largest absolute Gasteiger partial charge is 0.490 e. The molecule has 8 rings (SSSR count). The fraction of sp³-hybridized carbons (Fsp3) is 0.469. The van der Waals surface area contributed by atoms with E-state index in [9.17, 15) is 65.1 Å². The molecule has 0 radical (unpaired) electrons. The average Bonchev–Trinajstić information content (AvgIpc) is 3.66. The molecule has 6 aliphatic heterocycles. The molecule has 19 nitrogen and oxygen atoms in total. The normalized spacial score (nSPS) is 18.0. The molecular formula is C64H78F5N7O12. The lowest BCUT2D eigenvalue weighted by Gasteiger charge is -2.32. The summed E-state index contributed by atoms with van der Waals surface area (Å²) in [5.74, 6) is -3.74. The highest BCUT2D eigenvalue weighted by Gasteiger charge is 2.38. The van der Waals surface area contributed by atoms with Crippen molar-refractivity contribution in [3.05, 3.63) is 137 Å². The van der Waals surface area contributed by atoms with Crippen molar-refractivity contribution in [3.8, 4) is 0 Å². The summed E-state index contributed by atoms with van der Waals surface area (Å²) < 4.78 is 62.3. The van der Waals surface area contributed by atoms with Crippen molar-refractivity contribution in [2.45, 2.75) is 118 Å². The van der Waals surface area contributed by atoms with E-state index >= 15 is 0 Å². The fourth-order valence-corrected chi connectivity index (χ4v) is 9.64. The number of amides is 8. The van der Waals surface area contributed by atoms with Crippen molar-refractivity contribution in [3.63, 3.8) is 0 Å². The molecule has 0 spiro atoms. The van der Waals surface area contributed by atoms with E-state index in [1.165, 1.54) is 75.4 Å².